The Labute approximate surface area is 118 Å². The van der Waals surface area contributed by atoms with E-state index in [0.29, 0.717) is 11.4 Å². The molecule has 2 rings (SSSR count). The van der Waals surface area contributed by atoms with Crippen LogP contribution in [0.25, 0.3) is 0 Å². The molecule has 20 heavy (non-hydrogen) atoms. The summed E-state index contributed by atoms with van der Waals surface area (Å²) in [6.45, 7) is 5.52. The summed E-state index contributed by atoms with van der Waals surface area (Å²) in [6, 6.07) is 7.74. The highest BCUT2D eigenvalue weighted by Gasteiger charge is 2.36. The number of hydrogen-bond acceptors (Lipinski definition) is 4. The van der Waals surface area contributed by atoms with Crippen molar-refractivity contribution in [2.45, 2.75) is 26.3 Å². The van der Waals surface area contributed by atoms with Crippen LogP contribution in [-0.2, 0) is 10.3 Å². The molecule has 0 aliphatic carbocycles. The van der Waals surface area contributed by atoms with E-state index in [1.54, 1.807) is 26.2 Å². The Hall–Kier alpha value is -2.43. The SMILES string of the molecule is Cc1ccc(NC(C)(C(N)=O)c2nccnc2C)cc1. The first-order valence-corrected chi connectivity index (χ1v) is 6.36. The number of primary amides is 1. The van der Waals surface area contributed by atoms with E-state index in [1.165, 1.54) is 0 Å². The molecule has 3 N–H and O–H groups in total. The summed E-state index contributed by atoms with van der Waals surface area (Å²) >= 11 is 0. The molecule has 0 spiro atoms. The molecule has 0 radical (unpaired) electrons. The summed E-state index contributed by atoms with van der Waals surface area (Å²) in [5, 5.41) is 3.16. The van der Waals surface area contributed by atoms with E-state index in [0.717, 1.165) is 11.3 Å². The minimum atomic E-state index is -1.10. The summed E-state index contributed by atoms with van der Waals surface area (Å²) in [5.41, 5.74) is 7.64. The van der Waals surface area contributed by atoms with Crippen LogP contribution in [0.5, 0.6) is 0 Å². The van der Waals surface area contributed by atoms with Crippen molar-refractivity contribution in [3.8, 4) is 0 Å². The second kappa shape index (κ2) is 5.28. The Morgan fingerprint density at radius 1 is 1.15 bits per heavy atom. The van der Waals surface area contributed by atoms with Crippen molar-refractivity contribution in [2.24, 2.45) is 5.73 Å². The second-order valence-corrected chi connectivity index (χ2v) is 4.97. The number of anilines is 1. The molecule has 1 heterocycles. The zero-order valence-corrected chi connectivity index (χ0v) is 11.8. The van der Waals surface area contributed by atoms with Gasteiger partial charge in [-0.3, -0.25) is 14.8 Å². The number of aryl methyl sites for hydroxylation is 2. The second-order valence-electron chi connectivity index (χ2n) is 4.97. The van der Waals surface area contributed by atoms with Crippen LogP contribution in [0.4, 0.5) is 5.69 Å². The molecular weight excluding hydrogens is 252 g/mol. The third kappa shape index (κ3) is 2.61. The molecule has 0 aliphatic heterocycles. The molecule has 1 amide bonds. The van der Waals surface area contributed by atoms with E-state index in [2.05, 4.69) is 15.3 Å². The van der Waals surface area contributed by atoms with Crippen LogP contribution in [0.2, 0.25) is 0 Å². The fraction of sp³-hybridized carbons (Fsp3) is 0.267. The summed E-state index contributed by atoms with van der Waals surface area (Å²) in [4.78, 5) is 20.4. The number of nitrogens with zero attached hydrogens (tertiary/aromatic N) is 2. The average Bonchev–Trinajstić information content (AvgIpc) is 2.41. The summed E-state index contributed by atoms with van der Waals surface area (Å²) in [6.07, 6.45) is 3.15. The van der Waals surface area contributed by atoms with Crippen molar-refractivity contribution in [3.63, 3.8) is 0 Å². The molecule has 5 heteroatoms. The molecule has 0 aliphatic rings. The fourth-order valence-electron chi connectivity index (χ4n) is 2.06. The van der Waals surface area contributed by atoms with Gasteiger partial charge in [0.15, 0.2) is 5.54 Å². The minimum Gasteiger partial charge on any atom is -0.367 e. The largest absolute Gasteiger partial charge is 0.367 e. The van der Waals surface area contributed by atoms with E-state index < -0.39 is 11.4 Å². The number of amides is 1. The van der Waals surface area contributed by atoms with Crippen LogP contribution in [0, 0.1) is 13.8 Å². The number of hydrogen-bond donors (Lipinski definition) is 2. The number of benzene rings is 1. The maximum atomic E-state index is 11.9. The van der Waals surface area contributed by atoms with Crippen molar-refractivity contribution in [3.05, 3.63) is 53.6 Å². The first kappa shape index (κ1) is 14.0. The minimum absolute atomic E-state index is 0.498. The lowest BCUT2D eigenvalue weighted by Gasteiger charge is -2.28. The lowest BCUT2D eigenvalue weighted by Crippen LogP contribution is -2.46. The van der Waals surface area contributed by atoms with E-state index >= 15 is 0 Å². The fourth-order valence-corrected chi connectivity index (χ4v) is 2.06. The van der Waals surface area contributed by atoms with Crippen LogP contribution in [-0.4, -0.2) is 15.9 Å². The molecule has 0 bridgehead atoms. The number of carbonyl (C=O) groups excluding carboxylic acids is 1. The van der Waals surface area contributed by atoms with E-state index in [4.69, 9.17) is 5.73 Å². The van der Waals surface area contributed by atoms with Crippen LogP contribution < -0.4 is 11.1 Å². The molecule has 0 saturated carbocycles. The van der Waals surface area contributed by atoms with Gasteiger partial charge in [-0.2, -0.15) is 0 Å². The summed E-state index contributed by atoms with van der Waals surface area (Å²) in [5.74, 6) is -0.498. The lowest BCUT2D eigenvalue weighted by atomic mass is 9.94. The predicted octanol–water partition coefficient (Wildman–Crippen LogP) is 1.91. The molecule has 2 aromatic rings. The summed E-state index contributed by atoms with van der Waals surface area (Å²) in [7, 11) is 0. The Bertz CT molecular complexity index is 624. The van der Waals surface area contributed by atoms with E-state index in [-0.39, 0.29) is 0 Å². The first-order valence-electron chi connectivity index (χ1n) is 6.36. The normalized spacial score (nSPS) is 13.6. The highest BCUT2D eigenvalue weighted by Crippen LogP contribution is 2.26. The van der Waals surface area contributed by atoms with Gasteiger partial charge in [0.1, 0.15) is 0 Å². The molecule has 5 nitrogen and oxygen atoms in total. The quantitative estimate of drug-likeness (QED) is 0.889. The van der Waals surface area contributed by atoms with Gasteiger partial charge in [-0.05, 0) is 32.9 Å². The highest BCUT2D eigenvalue weighted by molar-refractivity contribution is 5.88. The molecular formula is C15H18N4O. The smallest absolute Gasteiger partial charge is 0.249 e. The van der Waals surface area contributed by atoms with Crippen LogP contribution in [0.15, 0.2) is 36.7 Å². The number of aromatic nitrogens is 2. The molecule has 104 valence electrons. The summed E-state index contributed by atoms with van der Waals surface area (Å²) < 4.78 is 0. The van der Waals surface area contributed by atoms with Gasteiger partial charge >= 0.3 is 0 Å². The molecule has 0 saturated heterocycles. The predicted molar refractivity (Wildman–Crippen MR) is 78.1 cm³/mol. The Morgan fingerprint density at radius 3 is 2.30 bits per heavy atom. The number of rotatable bonds is 4. The van der Waals surface area contributed by atoms with Crippen molar-refractivity contribution in [1.82, 2.24) is 9.97 Å². The van der Waals surface area contributed by atoms with Crippen molar-refractivity contribution in [2.75, 3.05) is 5.32 Å². The van der Waals surface area contributed by atoms with Gasteiger partial charge in [0.05, 0.1) is 11.4 Å². The average molecular weight is 270 g/mol. The Morgan fingerprint density at radius 2 is 1.75 bits per heavy atom. The number of nitrogens with two attached hydrogens (primary N) is 1. The molecule has 0 fully saturated rings. The Kier molecular flexibility index (Phi) is 3.70. The maximum Gasteiger partial charge on any atom is 0.249 e. The molecule has 1 atom stereocenters. The van der Waals surface area contributed by atoms with Crippen LogP contribution in [0.1, 0.15) is 23.9 Å². The molecule has 1 unspecified atom stereocenters. The van der Waals surface area contributed by atoms with E-state index in [9.17, 15) is 4.79 Å². The van der Waals surface area contributed by atoms with Gasteiger partial charge < -0.3 is 11.1 Å². The zero-order valence-electron chi connectivity index (χ0n) is 11.8. The van der Waals surface area contributed by atoms with E-state index in [1.807, 2.05) is 31.2 Å². The van der Waals surface area contributed by atoms with Gasteiger partial charge in [0, 0.05) is 18.1 Å². The number of nitrogens with one attached hydrogen (secondary N) is 1. The zero-order chi connectivity index (χ0) is 14.8. The third-order valence-electron chi connectivity index (χ3n) is 3.29. The van der Waals surface area contributed by atoms with Gasteiger partial charge in [-0.25, -0.2) is 0 Å². The van der Waals surface area contributed by atoms with Crippen molar-refractivity contribution >= 4 is 11.6 Å². The van der Waals surface area contributed by atoms with Crippen LogP contribution in [0.3, 0.4) is 0 Å². The number of carbonyl (C=O) groups is 1. The molecule has 1 aromatic carbocycles. The van der Waals surface area contributed by atoms with Crippen molar-refractivity contribution < 1.29 is 4.79 Å². The maximum absolute atomic E-state index is 11.9. The van der Waals surface area contributed by atoms with Gasteiger partial charge in [-0.15, -0.1) is 0 Å². The third-order valence-corrected chi connectivity index (χ3v) is 3.29. The lowest BCUT2D eigenvalue weighted by molar-refractivity contribution is -0.122. The van der Waals surface area contributed by atoms with Crippen LogP contribution >= 0.6 is 0 Å². The Balaban J connectivity index is 2.43. The van der Waals surface area contributed by atoms with Gasteiger partial charge in [0.2, 0.25) is 5.91 Å². The monoisotopic (exact) mass is 270 g/mol. The highest BCUT2D eigenvalue weighted by atomic mass is 16.1. The standard InChI is InChI=1S/C15H18N4O/c1-10-4-6-12(7-5-10)19-15(3,14(16)20)13-11(2)17-8-9-18-13/h4-9,19H,1-3H3,(H2,16,20). The van der Waals surface area contributed by atoms with Crippen molar-refractivity contribution in [1.29, 1.82) is 0 Å². The molecule has 1 aromatic heterocycles. The first-order chi connectivity index (χ1) is 9.43. The van der Waals surface area contributed by atoms with Gasteiger partial charge in [0.25, 0.3) is 0 Å². The van der Waals surface area contributed by atoms with Gasteiger partial charge in [-0.1, -0.05) is 17.7 Å². The topological polar surface area (TPSA) is 80.9 Å².